The molecule has 0 aromatic heterocycles. The minimum Gasteiger partial charge on any atom is -0.358 e. The lowest BCUT2D eigenvalue weighted by Gasteiger charge is -2.68. The molecule has 2 nitrogen and oxygen atoms in total. The van der Waals surface area contributed by atoms with Crippen molar-refractivity contribution in [3.63, 3.8) is 0 Å². The summed E-state index contributed by atoms with van der Waals surface area (Å²) >= 11 is 0. The molecule has 1 saturated carbocycles. The lowest BCUT2D eigenvalue weighted by atomic mass is 9.42. The summed E-state index contributed by atoms with van der Waals surface area (Å²) in [5, 5.41) is 0. The number of hydrogen-bond acceptors (Lipinski definition) is 2. The summed E-state index contributed by atoms with van der Waals surface area (Å²) in [5.74, 6) is 0. The largest absolute Gasteiger partial charge is 0.358 e. The SMILES string of the molecule is CCCCc1ccc2c(c1)N1C=CN(C)C1C1(CC)CCC21CC. The summed E-state index contributed by atoms with van der Waals surface area (Å²) < 4.78 is 0. The molecule has 1 fully saturated rings. The number of fused-ring (bicyclic) bond motifs is 6. The van der Waals surface area contributed by atoms with E-state index in [9.17, 15) is 0 Å². The van der Waals surface area contributed by atoms with Gasteiger partial charge in [-0.3, -0.25) is 0 Å². The van der Waals surface area contributed by atoms with E-state index in [0.29, 0.717) is 17.0 Å². The zero-order chi connectivity index (χ0) is 16.9. The molecule has 0 bridgehead atoms. The Bertz CT molecular complexity index is 656. The average molecular weight is 325 g/mol. The molecule has 0 N–H and O–H groups in total. The number of aryl methyl sites for hydroxylation is 1. The average Bonchev–Trinajstić information content (AvgIpc) is 2.96. The molecule has 2 aliphatic heterocycles. The lowest BCUT2D eigenvalue weighted by molar-refractivity contribution is -0.0789. The van der Waals surface area contributed by atoms with Crippen molar-refractivity contribution in [2.24, 2.45) is 5.41 Å². The number of rotatable bonds is 5. The van der Waals surface area contributed by atoms with Gasteiger partial charge in [-0.15, -0.1) is 0 Å². The zero-order valence-corrected chi connectivity index (χ0v) is 15.8. The molecule has 1 aromatic carbocycles. The van der Waals surface area contributed by atoms with Crippen LogP contribution in [0.4, 0.5) is 5.69 Å². The van der Waals surface area contributed by atoms with E-state index in [1.165, 1.54) is 56.2 Å². The van der Waals surface area contributed by atoms with Crippen molar-refractivity contribution >= 4 is 5.69 Å². The minimum atomic E-state index is 0.377. The van der Waals surface area contributed by atoms with Crippen LogP contribution in [-0.4, -0.2) is 18.1 Å². The van der Waals surface area contributed by atoms with E-state index >= 15 is 0 Å². The van der Waals surface area contributed by atoms with Crippen LogP contribution in [0.5, 0.6) is 0 Å². The molecule has 0 saturated heterocycles. The summed E-state index contributed by atoms with van der Waals surface area (Å²) in [4.78, 5) is 5.05. The molecule has 1 aromatic rings. The maximum atomic E-state index is 2.58. The van der Waals surface area contributed by atoms with Gasteiger partial charge in [-0.2, -0.15) is 0 Å². The van der Waals surface area contributed by atoms with Gasteiger partial charge in [-0.1, -0.05) is 39.3 Å². The molecule has 0 amide bonds. The summed E-state index contributed by atoms with van der Waals surface area (Å²) in [6.07, 6.45) is 14.1. The standard InChI is InChI=1S/C22H32N2/c1-5-8-9-17-10-11-18-19(16-17)24-15-14-23(4)20(24)22(7-3)13-12-21(18,22)6-2/h10-11,14-16,20H,5-9,12-13H2,1-4H3. The Morgan fingerprint density at radius 1 is 1.08 bits per heavy atom. The van der Waals surface area contributed by atoms with Crippen LogP contribution in [0.15, 0.2) is 30.6 Å². The van der Waals surface area contributed by atoms with E-state index in [1.54, 1.807) is 5.56 Å². The first-order valence-corrected chi connectivity index (χ1v) is 9.95. The van der Waals surface area contributed by atoms with Crippen molar-refractivity contribution in [1.82, 2.24) is 4.90 Å². The van der Waals surface area contributed by atoms with Gasteiger partial charge in [0.15, 0.2) is 0 Å². The quantitative estimate of drug-likeness (QED) is 0.712. The van der Waals surface area contributed by atoms with Crippen LogP contribution in [0.3, 0.4) is 0 Å². The molecule has 24 heavy (non-hydrogen) atoms. The maximum absolute atomic E-state index is 2.58. The van der Waals surface area contributed by atoms with Crippen LogP contribution < -0.4 is 4.90 Å². The predicted octanol–water partition coefficient (Wildman–Crippen LogP) is 5.43. The molecule has 0 spiro atoms. The van der Waals surface area contributed by atoms with Crippen LogP contribution in [0.1, 0.15) is 70.4 Å². The molecular formula is C22H32N2. The second kappa shape index (κ2) is 5.54. The van der Waals surface area contributed by atoms with Crippen molar-refractivity contribution in [1.29, 1.82) is 0 Å². The van der Waals surface area contributed by atoms with Gasteiger partial charge >= 0.3 is 0 Å². The Morgan fingerprint density at radius 3 is 2.54 bits per heavy atom. The second-order valence-electron chi connectivity index (χ2n) is 8.14. The van der Waals surface area contributed by atoms with Crippen LogP contribution in [0, 0.1) is 5.41 Å². The monoisotopic (exact) mass is 324 g/mol. The highest BCUT2D eigenvalue weighted by Crippen LogP contribution is 2.69. The van der Waals surface area contributed by atoms with Crippen molar-refractivity contribution in [3.05, 3.63) is 41.7 Å². The van der Waals surface area contributed by atoms with Crippen molar-refractivity contribution in [2.75, 3.05) is 11.9 Å². The maximum Gasteiger partial charge on any atom is 0.112 e. The number of unbranched alkanes of at least 4 members (excludes halogenated alkanes) is 1. The zero-order valence-electron chi connectivity index (χ0n) is 15.8. The molecule has 2 heterocycles. The van der Waals surface area contributed by atoms with Gasteiger partial charge in [0.25, 0.3) is 0 Å². The highest BCUT2D eigenvalue weighted by Gasteiger charge is 2.66. The van der Waals surface area contributed by atoms with E-state index in [1.807, 2.05) is 0 Å². The molecule has 3 aliphatic rings. The molecule has 3 atom stereocenters. The van der Waals surface area contributed by atoms with Gasteiger partial charge in [0.1, 0.15) is 6.17 Å². The van der Waals surface area contributed by atoms with E-state index in [2.05, 4.69) is 68.2 Å². The third kappa shape index (κ3) is 1.78. The Kier molecular flexibility index (Phi) is 3.71. The van der Waals surface area contributed by atoms with E-state index in [-0.39, 0.29) is 0 Å². The topological polar surface area (TPSA) is 6.48 Å². The summed E-state index contributed by atoms with van der Waals surface area (Å²) in [7, 11) is 2.27. The Labute approximate surface area is 147 Å². The summed E-state index contributed by atoms with van der Waals surface area (Å²) in [6.45, 7) is 7.10. The fraction of sp³-hybridized carbons (Fsp3) is 0.636. The van der Waals surface area contributed by atoms with Crippen molar-refractivity contribution < 1.29 is 0 Å². The molecule has 2 heteroatoms. The number of anilines is 1. The number of hydrogen-bond donors (Lipinski definition) is 0. The first-order valence-electron chi connectivity index (χ1n) is 9.95. The number of nitrogens with zero attached hydrogens (tertiary/aromatic N) is 2. The Morgan fingerprint density at radius 2 is 1.92 bits per heavy atom. The van der Waals surface area contributed by atoms with Crippen molar-refractivity contribution in [3.8, 4) is 0 Å². The fourth-order valence-corrected chi connectivity index (χ4v) is 6.08. The third-order valence-electron chi connectivity index (χ3n) is 7.47. The van der Waals surface area contributed by atoms with Gasteiger partial charge in [0, 0.05) is 36.0 Å². The van der Waals surface area contributed by atoms with E-state index in [4.69, 9.17) is 0 Å². The third-order valence-corrected chi connectivity index (χ3v) is 7.47. The van der Waals surface area contributed by atoms with Gasteiger partial charge in [0.2, 0.25) is 0 Å². The van der Waals surface area contributed by atoms with Crippen LogP contribution in [0.25, 0.3) is 0 Å². The molecule has 4 rings (SSSR count). The highest BCUT2D eigenvalue weighted by atomic mass is 15.4. The first kappa shape index (κ1) is 16.1. The molecule has 130 valence electrons. The molecule has 3 unspecified atom stereocenters. The molecular weight excluding hydrogens is 292 g/mol. The van der Waals surface area contributed by atoms with Crippen LogP contribution >= 0.6 is 0 Å². The fourth-order valence-electron chi connectivity index (χ4n) is 6.08. The first-order chi connectivity index (χ1) is 11.6. The van der Waals surface area contributed by atoms with Crippen LogP contribution in [0.2, 0.25) is 0 Å². The van der Waals surface area contributed by atoms with Gasteiger partial charge in [0.05, 0.1) is 0 Å². The minimum absolute atomic E-state index is 0.377. The van der Waals surface area contributed by atoms with Gasteiger partial charge in [-0.05, 0) is 55.7 Å². The predicted molar refractivity (Wildman–Crippen MR) is 102 cm³/mol. The number of benzene rings is 1. The van der Waals surface area contributed by atoms with Crippen molar-refractivity contribution in [2.45, 2.75) is 77.3 Å². The second-order valence-corrected chi connectivity index (χ2v) is 8.14. The Balaban J connectivity index is 1.86. The molecule has 1 aliphatic carbocycles. The van der Waals surface area contributed by atoms with E-state index < -0.39 is 0 Å². The lowest BCUT2D eigenvalue weighted by Crippen LogP contribution is -2.69. The van der Waals surface area contributed by atoms with Crippen LogP contribution in [-0.2, 0) is 11.8 Å². The summed E-state index contributed by atoms with van der Waals surface area (Å²) in [5.41, 5.74) is 5.39. The van der Waals surface area contributed by atoms with Gasteiger partial charge in [-0.25, -0.2) is 0 Å². The smallest absolute Gasteiger partial charge is 0.112 e. The van der Waals surface area contributed by atoms with Gasteiger partial charge < -0.3 is 9.80 Å². The normalized spacial score (nSPS) is 33.1. The summed E-state index contributed by atoms with van der Waals surface area (Å²) in [6, 6.07) is 7.39. The Hall–Kier alpha value is -1.44. The van der Waals surface area contributed by atoms with E-state index in [0.717, 1.165) is 0 Å². The highest BCUT2D eigenvalue weighted by molar-refractivity contribution is 5.67. The molecule has 0 radical (unpaired) electrons.